The van der Waals surface area contributed by atoms with Crippen molar-refractivity contribution in [2.45, 2.75) is 6.54 Å². The number of aliphatic hydroxyl groups excluding tert-OH is 1. The third-order valence-corrected chi connectivity index (χ3v) is 2.53. The average Bonchev–Trinajstić information content (AvgIpc) is 2.57. The Kier molecular flexibility index (Phi) is 2.57. The fraction of sp³-hybridized carbons (Fsp3) is 0.300. The molecule has 0 atom stereocenters. The van der Waals surface area contributed by atoms with Crippen molar-refractivity contribution in [3.05, 3.63) is 29.1 Å². The molecular weight excluding hydrogens is 210 g/mol. The smallest absolute Gasteiger partial charge is 0.267 e. The zero-order valence-electron chi connectivity index (χ0n) is 8.51. The van der Waals surface area contributed by atoms with Crippen molar-refractivity contribution in [2.75, 3.05) is 13.2 Å². The maximum absolute atomic E-state index is 11.8. The molecule has 2 heterocycles. The number of carbonyl (C=O) groups excluding carboxylic acids is 2. The quantitative estimate of drug-likeness (QED) is 0.693. The van der Waals surface area contributed by atoms with Crippen LogP contribution < -0.4 is 5.73 Å². The molecule has 1 aromatic rings. The highest BCUT2D eigenvalue weighted by molar-refractivity contribution is 6.02. The average molecular weight is 221 g/mol. The zero-order chi connectivity index (χ0) is 11.7. The van der Waals surface area contributed by atoms with Crippen molar-refractivity contribution in [1.29, 1.82) is 0 Å². The number of hydrogen-bond donors (Lipinski definition) is 2. The Hall–Kier alpha value is -1.95. The number of pyridine rings is 1. The van der Waals surface area contributed by atoms with E-state index >= 15 is 0 Å². The van der Waals surface area contributed by atoms with Gasteiger partial charge in [0.25, 0.3) is 11.8 Å². The zero-order valence-corrected chi connectivity index (χ0v) is 8.51. The number of aromatic nitrogens is 1. The van der Waals surface area contributed by atoms with E-state index in [9.17, 15) is 9.59 Å². The molecule has 0 saturated carbocycles. The minimum Gasteiger partial charge on any atom is -0.395 e. The summed E-state index contributed by atoms with van der Waals surface area (Å²) in [6.07, 6.45) is 1.39. The van der Waals surface area contributed by atoms with Crippen molar-refractivity contribution < 1.29 is 14.7 Å². The van der Waals surface area contributed by atoms with Crippen LogP contribution in [0.1, 0.15) is 26.4 Å². The number of amides is 2. The lowest BCUT2D eigenvalue weighted by Gasteiger charge is -2.12. The summed E-state index contributed by atoms with van der Waals surface area (Å²) in [5, 5.41) is 8.80. The first-order valence-corrected chi connectivity index (χ1v) is 4.83. The molecule has 0 radical (unpaired) electrons. The molecule has 1 aliphatic rings. The third kappa shape index (κ3) is 1.53. The Morgan fingerprint density at radius 2 is 2.38 bits per heavy atom. The van der Waals surface area contributed by atoms with Gasteiger partial charge < -0.3 is 15.7 Å². The molecule has 1 aromatic heterocycles. The predicted molar refractivity (Wildman–Crippen MR) is 54.6 cm³/mol. The summed E-state index contributed by atoms with van der Waals surface area (Å²) >= 11 is 0. The number of hydrogen-bond acceptors (Lipinski definition) is 4. The van der Waals surface area contributed by atoms with Gasteiger partial charge in [0.1, 0.15) is 5.69 Å². The molecule has 2 rings (SSSR count). The number of nitrogens with zero attached hydrogens (tertiary/aromatic N) is 2. The molecule has 84 valence electrons. The lowest BCUT2D eigenvalue weighted by molar-refractivity contribution is 0.0745. The van der Waals surface area contributed by atoms with E-state index in [1.165, 1.54) is 11.1 Å². The maximum atomic E-state index is 11.8. The van der Waals surface area contributed by atoms with Gasteiger partial charge in [-0.2, -0.15) is 0 Å². The lowest BCUT2D eigenvalue weighted by atomic mass is 10.1. The fourth-order valence-corrected chi connectivity index (χ4v) is 1.80. The molecule has 3 N–H and O–H groups in total. The second-order valence-electron chi connectivity index (χ2n) is 3.50. The van der Waals surface area contributed by atoms with Gasteiger partial charge in [-0.3, -0.25) is 14.6 Å². The first-order valence-electron chi connectivity index (χ1n) is 4.83. The van der Waals surface area contributed by atoms with Crippen LogP contribution in [0.5, 0.6) is 0 Å². The van der Waals surface area contributed by atoms with Crippen LogP contribution in [0.4, 0.5) is 0 Å². The number of fused-ring (bicyclic) bond motifs is 1. The molecule has 0 spiro atoms. The molecule has 2 amide bonds. The summed E-state index contributed by atoms with van der Waals surface area (Å²) in [6.45, 7) is 0.408. The highest BCUT2D eigenvalue weighted by Gasteiger charge is 2.30. The molecule has 0 saturated heterocycles. The Morgan fingerprint density at radius 1 is 1.62 bits per heavy atom. The molecule has 0 aromatic carbocycles. The van der Waals surface area contributed by atoms with Crippen molar-refractivity contribution in [1.82, 2.24) is 9.88 Å². The van der Waals surface area contributed by atoms with Crippen LogP contribution in [0.2, 0.25) is 0 Å². The number of nitrogens with two attached hydrogens (primary N) is 1. The van der Waals surface area contributed by atoms with Crippen molar-refractivity contribution >= 4 is 11.8 Å². The standard InChI is InChI=1S/C10H11N3O3/c11-9(15)8-7-5-13(3-4-14)10(16)6(7)1-2-12-8/h1-2,14H,3-5H2,(H2,11,15). The van der Waals surface area contributed by atoms with E-state index in [2.05, 4.69) is 4.98 Å². The minimum atomic E-state index is -0.643. The Balaban J connectivity index is 2.42. The highest BCUT2D eigenvalue weighted by atomic mass is 16.3. The largest absolute Gasteiger partial charge is 0.395 e. The van der Waals surface area contributed by atoms with Gasteiger partial charge in [0.15, 0.2) is 0 Å². The summed E-state index contributed by atoms with van der Waals surface area (Å²) in [5.74, 6) is -0.843. The lowest BCUT2D eigenvalue weighted by Crippen LogP contribution is -2.27. The summed E-state index contributed by atoms with van der Waals surface area (Å²) in [6, 6.07) is 1.56. The predicted octanol–water partition coefficient (Wildman–Crippen LogP) is -0.871. The first kappa shape index (κ1) is 10.6. The van der Waals surface area contributed by atoms with E-state index in [1.807, 2.05) is 0 Å². The molecule has 16 heavy (non-hydrogen) atoms. The molecule has 1 aliphatic heterocycles. The van der Waals surface area contributed by atoms with Crippen LogP contribution in [0.15, 0.2) is 12.3 Å². The van der Waals surface area contributed by atoms with Crippen LogP contribution in [-0.4, -0.2) is 40.0 Å². The van der Waals surface area contributed by atoms with Crippen molar-refractivity contribution in [3.8, 4) is 0 Å². The summed E-state index contributed by atoms with van der Waals surface area (Å²) < 4.78 is 0. The second-order valence-corrected chi connectivity index (χ2v) is 3.50. The van der Waals surface area contributed by atoms with Gasteiger partial charge in [0.05, 0.1) is 6.61 Å². The number of rotatable bonds is 3. The summed E-state index contributed by atoms with van der Waals surface area (Å²) in [4.78, 5) is 28.2. The Labute approximate surface area is 91.7 Å². The molecule has 0 fully saturated rings. The van der Waals surface area contributed by atoms with Crippen molar-refractivity contribution in [3.63, 3.8) is 0 Å². The Morgan fingerprint density at radius 3 is 3.00 bits per heavy atom. The van der Waals surface area contributed by atoms with Gasteiger partial charge in [0.2, 0.25) is 0 Å². The van der Waals surface area contributed by atoms with Crippen LogP contribution in [0, 0.1) is 0 Å². The number of aliphatic hydroxyl groups is 1. The summed E-state index contributed by atoms with van der Waals surface area (Å²) in [7, 11) is 0. The molecule has 6 nitrogen and oxygen atoms in total. The second kappa shape index (κ2) is 3.90. The van der Waals surface area contributed by atoms with E-state index in [0.717, 1.165) is 0 Å². The Bertz CT molecular complexity index is 459. The van der Waals surface area contributed by atoms with E-state index in [0.29, 0.717) is 11.1 Å². The van der Waals surface area contributed by atoms with Crippen LogP contribution in [0.25, 0.3) is 0 Å². The molecular formula is C10H11N3O3. The summed E-state index contributed by atoms with van der Waals surface area (Å²) in [5.41, 5.74) is 6.29. The van der Waals surface area contributed by atoms with Gasteiger partial charge in [-0.25, -0.2) is 0 Å². The molecule has 6 heteroatoms. The molecule has 0 aliphatic carbocycles. The van der Waals surface area contributed by atoms with Gasteiger partial charge in [-0.1, -0.05) is 0 Å². The van der Waals surface area contributed by atoms with Crippen molar-refractivity contribution in [2.24, 2.45) is 5.73 Å². The first-order chi connectivity index (χ1) is 7.65. The van der Waals surface area contributed by atoms with E-state index in [-0.39, 0.29) is 31.3 Å². The normalized spacial score (nSPS) is 14.1. The maximum Gasteiger partial charge on any atom is 0.267 e. The molecule has 0 bridgehead atoms. The van der Waals surface area contributed by atoms with E-state index in [1.54, 1.807) is 6.07 Å². The van der Waals surface area contributed by atoms with Gasteiger partial charge in [-0.15, -0.1) is 0 Å². The topological polar surface area (TPSA) is 96.5 Å². The van der Waals surface area contributed by atoms with E-state index in [4.69, 9.17) is 10.8 Å². The highest BCUT2D eigenvalue weighted by Crippen LogP contribution is 2.23. The third-order valence-electron chi connectivity index (χ3n) is 2.53. The van der Waals surface area contributed by atoms with Crippen LogP contribution >= 0.6 is 0 Å². The van der Waals surface area contributed by atoms with Gasteiger partial charge in [0, 0.05) is 30.4 Å². The molecule has 0 unspecified atom stereocenters. The number of carbonyl (C=O) groups is 2. The van der Waals surface area contributed by atoms with Crippen LogP contribution in [-0.2, 0) is 6.54 Å². The van der Waals surface area contributed by atoms with E-state index < -0.39 is 5.91 Å². The van der Waals surface area contributed by atoms with Crippen LogP contribution in [0.3, 0.4) is 0 Å². The monoisotopic (exact) mass is 221 g/mol. The number of β-amino-alcohol motifs (C(OH)–C–C–N with tert-alkyl or cyclic N) is 1. The van der Waals surface area contributed by atoms with Gasteiger partial charge in [-0.05, 0) is 6.07 Å². The number of primary amides is 1. The minimum absolute atomic E-state index is 0.112. The SMILES string of the molecule is NC(=O)c1nccc2c1CN(CCO)C2=O. The fourth-order valence-electron chi connectivity index (χ4n) is 1.80. The van der Waals surface area contributed by atoms with Gasteiger partial charge >= 0.3 is 0 Å².